The Hall–Kier alpha value is -0.150. The lowest BCUT2D eigenvalue weighted by atomic mass is 10.2. The van der Waals surface area contributed by atoms with E-state index in [9.17, 15) is 4.79 Å². The number of amides is 1. The molecule has 2 fully saturated rings. The van der Waals surface area contributed by atoms with Crippen molar-refractivity contribution in [3.05, 3.63) is 16.1 Å². The van der Waals surface area contributed by atoms with Crippen molar-refractivity contribution in [3.8, 4) is 0 Å². The molecule has 0 spiro atoms. The Labute approximate surface area is 165 Å². The summed E-state index contributed by atoms with van der Waals surface area (Å²) in [7, 11) is 0. The Morgan fingerprint density at radius 1 is 1.33 bits per heavy atom. The number of hydrogen-bond donors (Lipinski definition) is 1. The highest BCUT2D eigenvalue weighted by Crippen LogP contribution is 2.13. The molecule has 0 radical (unpaired) electrons. The molecule has 24 heavy (non-hydrogen) atoms. The van der Waals surface area contributed by atoms with E-state index < -0.39 is 0 Å². The summed E-state index contributed by atoms with van der Waals surface area (Å²) in [5.74, 6) is 0.179. The normalized spacial score (nSPS) is 21.2. The summed E-state index contributed by atoms with van der Waals surface area (Å²) in [4.78, 5) is 21.2. The molecule has 140 valence electrons. The van der Waals surface area contributed by atoms with E-state index in [4.69, 9.17) is 4.74 Å². The summed E-state index contributed by atoms with van der Waals surface area (Å²) >= 11 is 1.69. The molecular formula is C14H25Cl3N4O2S. The Balaban J connectivity index is 0.00000176. The maximum atomic E-state index is 12.4. The van der Waals surface area contributed by atoms with Crippen LogP contribution in [-0.4, -0.2) is 72.7 Å². The summed E-state index contributed by atoms with van der Waals surface area (Å²) in [6.07, 6.45) is 0. The lowest BCUT2D eigenvalue weighted by Gasteiger charge is -2.37. The molecule has 0 aliphatic carbocycles. The zero-order valence-corrected chi connectivity index (χ0v) is 16.9. The molecule has 2 aliphatic rings. The number of carbonyl (C=O) groups excluding carboxylic acids is 1. The van der Waals surface area contributed by atoms with Gasteiger partial charge in [0.1, 0.15) is 6.04 Å². The predicted molar refractivity (Wildman–Crippen MR) is 103 cm³/mol. The Kier molecular flexibility index (Phi) is 11.4. The molecule has 10 heteroatoms. The van der Waals surface area contributed by atoms with Crippen LogP contribution in [0.4, 0.5) is 0 Å². The van der Waals surface area contributed by atoms with Crippen molar-refractivity contribution in [1.29, 1.82) is 0 Å². The smallest absolute Gasteiger partial charge is 0.242 e. The number of aryl methyl sites for hydroxylation is 1. The average Bonchev–Trinajstić information content (AvgIpc) is 2.93. The van der Waals surface area contributed by atoms with Crippen LogP contribution in [0, 0.1) is 6.92 Å². The third-order valence-electron chi connectivity index (χ3n) is 3.96. The van der Waals surface area contributed by atoms with Gasteiger partial charge in [-0.25, -0.2) is 4.98 Å². The molecular weight excluding hydrogens is 395 g/mol. The molecule has 1 amide bonds. The van der Waals surface area contributed by atoms with Gasteiger partial charge >= 0.3 is 0 Å². The fourth-order valence-corrected chi connectivity index (χ4v) is 3.38. The second-order valence-corrected chi connectivity index (χ2v) is 6.60. The number of hydrogen-bond acceptors (Lipinski definition) is 6. The first-order chi connectivity index (χ1) is 10.2. The van der Waals surface area contributed by atoms with Crippen LogP contribution in [0.1, 0.15) is 10.7 Å². The van der Waals surface area contributed by atoms with Crippen LogP contribution in [0.5, 0.6) is 0 Å². The van der Waals surface area contributed by atoms with Crippen LogP contribution >= 0.6 is 48.6 Å². The average molecular weight is 420 g/mol. The van der Waals surface area contributed by atoms with Gasteiger partial charge in [-0.15, -0.1) is 48.6 Å². The van der Waals surface area contributed by atoms with Gasteiger partial charge in [-0.05, 0) is 6.92 Å². The van der Waals surface area contributed by atoms with Crippen molar-refractivity contribution in [2.75, 3.05) is 45.9 Å². The van der Waals surface area contributed by atoms with Crippen LogP contribution in [0.2, 0.25) is 0 Å². The van der Waals surface area contributed by atoms with E-state index >= 15 is 0 Å². The SMILES string of the molecule is Cc1nc(CN2CCN(C(=O)C3COCCN3)CC2)cs1.Cl.Cl.Cl. The molecule has 3 rings (SSSR count). The van der Waals surface area contributed by atoms with Crippen molar-refractivity contribution < 1.29 is 9.53 Å². The van der Waals surface area contributed by atoms with Gasteiger partial charge in [-0.1, -0.05) is 0 Å². The largest absolute Gasteiger partial charge is 0.378 e. The fourth-order valence-electron chi connectivity index (χ4n) is 2.78. The van der Waals surface area contributed by atoms with Crippen LogP contribution in [-0.2, 0) is 16.1 Å². The van der Waals surface area contributed by atoms with Crippen molar-refractivity contribution in [2.24, 2.45) is 0 Å². The number of aromatic nitrogens is 1. The molecule has 0 aromatic carbocycles. The van der Waals surface area contributed by atoms with E-state index in [1.807, 2.05) is 11.8 Å². The lowest BCUT2D eigenvalue weighted by Crippen LogP contribution is -2.57. The van der Waals surface area contributed by atoms with Gasteiger partial charge in [-0.2, -0.15) is 0 Å². The zero-order chi connectivity index (χ0) is 14.7. The van der Waals surface area contributed by atoms with Crippen LogP contribution < -0.4 is 5.32 Å². The van der Waals surface area contributed by atoms with Crippen LogP contribution in [0.15, 0.2) is 5.38 Å². The molecule has 1 unspecified atom stereocenters. The maximum Gasteiger partial charge on any atom is 0.242 e. The number of rotatable bonds is 3. The van der Waals surface area contributed by atoms with E-state index in [0.717, 1.165) is 50.0 Å². The first kappa shape index (κ1) is 23.9. The first-order valence-electron chi connectivity index (χ1n) is 7.45. The van der Waals surface area contributed by atoms with Gasteiger partial charge in [0, 0.05) is 44.6 Å². The van der Waals surface area contributed by atoms with Crippen LogP contribution in [0.3, 0.4) is 0 Å². The fraction of sp³-hybridized carbons (Fsp3) is 0.714. The minimum atomic E-state index is -0.161. The molecule has 2 saturated heterocycles. The Morgan fingerprint density at radius 2 is 2.04 bits per heavy atom. The number of nitrogens with zero attached hydrogens (tertiary/aromatic N) is 3. The van der Waals surface area contributed by atoms with Gasteiger partial charge in [0.05, 0.1) is 23.9 Å². The van der Waals surface area contributed by atoms with Crippen molar-refractivity contribution in [3.63, 3.8) is 0 Å². The number of halogens is 3. The summed E-state index contributed by atoms with van der Waals surface area (Å²) < 4.78 is 5.37. The highest BCUT2D eigenvalue weighted by molar-refractivity contribution is 7.09. The number of thiazole rings is 1. The molecule has 1 aromatic rings. The summed E-state index contributed by atoms with van der Waals surface area (Å²) in [5.41, 5.74) is 1.14. The molecule has 1 N–H and O–H groups in total. The highest BCUT2D eigenvalue weighted by Gasteiger charge is 2.28. The van der Waals surface area contributed by atoms with Crippen molar-refractivity contribution >= 4 is 54.5 Å². The molecule has 0 saturated carbocycles. The highest BCUT2D eigenvalue weighted by atomic mass is 35.5. The molecule has 2 aliphatic heterocycles. The Morgan fingerprint density at radius 3 is 2.58 bits per heavy atom. The van der Waals surface area contributed by atoms with Gasteiger partial charge in [0.15, 0.2) is 0 Å². The van der Waals surface area contributed by atoms with E-state index in [0.29, 0.717) is 13.2 Å². The Bertz CT molecular complexity index is 492. The topological polar surface area (TPSA) is 57.7 Å². The summed E-state index contributed by atoms with van der Waals surface area (Å²) in [5, 5.41) is 6.47. The number of ether oxygens (including phenoxy) is 1. The third-order valence-corrected chi connectivity index (χ3v) is 4.78. The van der Waals surface area contributed by atoms with Crippen molar-refractivity contribution in [2.45, 2.75) is 19.5 Å². The zero-order valence-electron chi connectivity index (χ0n) is 13.6. The monoisotopic (exact) mass is 418 g/mol. The number of morpholine rings is 1. The first-order valence-corrected chi connectivity index (χ1v) is 8.33. The summed E-state index contributed by atoms with van der Waals surface area (Å²) in [6, 6.07) is -0.161. The lowest BCUT2D eigenvalue weighted by molar-refractivity contribution is -0.138. The van der Waals surface area contributed by atoms with Crippen molar-refractivity contribution in [1.82, 2.24) is 20.1 Å². The maximum absolute atomic E-state index is 12.4. The standard InChI is InChI=1S/C14H22N4O2S.3ClH/c1-11-16-12(10-21-11)8-17-3-5-18(6-4-17)14(19)13-9-20-7-2-15-13;;;/h10,13,15H,2-9H2,1H3;3*1H. The quantitative estimate of drug-likeness (QED) is 0.801. The summed E-state index contributed by atoms with van der Waals surface area (Å²) in [6.45, 7) is 8.29. The predicted octanol–water partition coefficient (Wildman–Crippen LogP) is 1.35. The molecule has 3 heterocycles. The number of nitrogens with one attached hydrogen (secondary N) is 1. The molecule has 6 nitrogen and oxygen atoms in total. The second kappa shape index (κ2) is 11.5. The van der Waals surface area contributed by atoms with Gasteiger partial charge in [0.2, 0.25) is 5.91 Å². The van der Waals surface area contributed by atoms with E-state index in [1.165, 1.54) is 0 Å². The minimum Gasteiger partial charge on any atom is -0.378 e. The van der Waals surface area contributed by atoms with E-state index in [-0.39, 0.29) is 49.2 Å². The van der Waals surface area contributed by atoms with Gasteiger partial charge in [-0.3, -0.25) is 9.69 Å². The van der Waals surface area contributed by atoms with Crippen LogP contribution in [0.25, 0.3) is 0 Å². The molecule has 1 aromatic heterocycles. The third kappa shape index (κ3) is 6.29. The second-order valence-electron chi connectivity index (χ2n) is 5.54. The van der Waals surface area contributed by atoms with E-state index in [2.05, 4.69) is 20.6 Å². The minimum absolute atomic E-state index is 0. The van der Waals surface area contributed by atoms with E-state index in [1.54, 1.807) is 11.3 Å². The van der Waals surface area contributed by atoms with Gasteiger partial charge < -0.3 is 15.0 Å². The molecule has 1 atom stereocenters. The molecule has 0 bridgehead atoms. The number of carbonyl (C=O) groups is 1. The van der Waals surface area contributed by atoms with Gasteiger partial charge in [0.25, 0.3) is 0 Å². The number of piperazine rings is 1.